The van der Waals surface area contributed by atoms with Gasteiger partial charge in [0.25, 0.3) is 0 Å². The van der Waals surface area contributed by atoms with E-state index in [1.807, 2.05) is 18.7 Å². The Morgan fingerprint density at radius 2 is 1.62 bits per heavy atom. The van der Waals surface area contributed by atoms with Crippen LogP contribution in [0.2, 0.25) is 0 Å². The standard InChI is InChI=1S/C34H45BF3N5O5/c1-33(2)24-9-5-20(15-25(24)35(47)48-33)16-30(44)27(11-6-19-3-7-21(8-4-19)34(36,37)38)42-32(46)26(41)10-14-31(45)43-28-12-13-29(43)23(18-40)22(28)17-39/h3-5,7-9,15,22-23,26-29,47H,6,10-14,16-18,39-41H2,1-2H3,(H,42,46)/t22-,23+,26-,27+,28?,29?/m0/s1. The Labute approximate surface area is 279 Å². The predicted molar refractivity (Wildman–Crippen MR) is 175 cm³/mol. The minimum atomic E-state index is -4.47. The van der Waals surface area contributed by atoms with Crippen molar-refractivity contribution < 1.29 is 37.2 Å². The summed E-state index contributed by atoms with van der Waals surface area (Å²) in [5.41, 5.74) is 19.3. The summed E-state index contributed by atoms with van der Waals surface area (Å²) in [7, 11) is -1.14. The molecule has 0 aliphatic carbocycles. The highest BCUT2D eigenvalue weighted by atomic mass is 19.4. The molecule has 0 aromatic heterocycles. The number of hydrogen-bond donors (Lipinski definition) is 5. The maximum Gasteiger partial charge on any atom is 0.492 e. The predicted octanol–water partition coefficient (Wildman–Crippen LogP) is 1.52. The number of carbonyl (C=O) groups excluding carboxylic acids is 3. The maximum atomic E-state index is 13.6. The fourth-order valence-electron chi connectivity index (χ4n) is 7.82. The van der Waals surface area contributed by atoms with E-state index in [2.05, 4.69) is 5.32 Å². The first kappa shape index (κ1) is 36.0. The summed E-state index contributed by atoms with van der Waals surface area (Å²) in [5.74, 6) is -0.725. The summed E-state index contributed by atoms with van der Waals surface area (Å²) >= 11 is 0. The fourth-order valence-corrected chi connectivity index (χ4v) is 7.82. The van der Waals surface area contributed by atoms with Crippen LogP contribution in [0.1, 0.15) is 68.2 Å². The second kappa shape index (κ2) is 14.3. The van der Waals surface area contributed by atoms with Crippen LogP contribution < -0.4 is 28.0 Å². The highest BCUT2D eigenvalue weighted by molar-refractivity contribution is 6.62. The van der Waals surface area contributed by atoms with Crippen molar-refractivity contribution in [1.82, 2.24) is 10.2 Å². The maximum absolute atomic E-state index is 13.6. The molecule has 0 saturated carbocycles. The van der Waals surface area contributed by atoms with Gasteiger partial charge in [0.15, 0.2) is 5.78 Å². The van der Waals surface area contributed by atoms with E-state index in [1.165, 1.54) is 12.1 Å². The van der Waals surface area contributed by atoms with Crippen LogP contribution >= 0.6 is 0 Å². The van der Waals surface area contributed by atoms with E-state index in [9.17, 15) is 32.6 Å². The number of carbonyl (C=O) groups is 3. The van der Waals surface area contributed by atoms with Crippen LogP contribution in [0, 0.1) is 11.8 Å². The van der Waals surface area contributed by atoms with Crippen molar-refractivity contribution in [3.05, 3.63) is 64.7 Å². The van der Waals surface area contributed by atoms with E-state index in [0.717, 1.165) is 30.5 Å². The van der Waals surface area contributed by atoms with E-state index >= 15 is 0 Å². The van der Waals surface area contributed by atoms with Gasteiger partial charge in [-0.25, -0.2) is 0 Å². The molecule has 14 heteroatoms. The average Bonchev–Trinajstić information content (AvgIpc) is 3.67. The Balaban J connectivity index is 1.24. The summed E-state index contributed by atoms with van der Waals surface area (Å²) < 4.78 is 44.8. The Kier molecular flexibility index (Phi) is 10.7. The average molecular weight is 672 g/mol. The van der Waals surface area contributed by atoms with Gasteiger partial charge in [-0.1, -0.05) is 30.3 Å². The van der Waals surface area contributed by atoms with Crippen molar-refractivity contribution in [3.8, 4) is 0 Å². The second-order valence-corrected chi connectivity index (χ2v) is 13.8. The lowest BCUT2D eigenvalue weighted by Crippen LogP contribution is -2.49. The van der Waals surface area contributed by atoms with Crippen LogP contribution in [-0.4, -0.2) is 71.9 Å². The number of nitrogens with one attached hydrogen (secondary N) is 1. The van der Waals surface area contributed by atoms with Crippen LogP contribution in [0.3, 0.4) is 0 Å². The molecule has 2 unspecified atom stereocenters. The number of Topliss-reactive ketones (excluding diaryl/α,β-unsaturated/α-hetero) is 1. The van der Waals surface area contributed by atoms with Crippen LogP contribution in [0.15, 0.2) is 42.5 Å². The monoisotopic (exact) mass is 671 g/mol. The zero-order valence-electron chi connectivity index (χ0n) is 27.3. The second-order valence-electron chi connectivity index (χ2n) is 13.8. The largest absolute Gasteiger partial charge is 0.492 e. The molecule has 2 bridgehead atoms. The molecule has 260 valence electrons. The number of alkyl halides is 3. The molecule has 2 amide bonds. The Hall–Kier alpha value is -3.30. The van der Waals surface area contributed by atoms with E-state index in [1.54, 1.807) is 18.2 Å². The number of rotatable bonds is 13. The molecule has 3 aliphatic heterocycles. The molecular weight excluding hydrogens is 626 g/mol. The number of fused-ring (bicyclic) bond motifs is 3. The molecule has 0 spiro atoms. The molecule has 0 radical (unpaired) electrons. The lowest BCUT2D eigenvalue weighted by Gasteiger charge is -2.25. The van der Waals surface area contributed by atoms with Crippen molar-refractivity contribution in [1.29, 1.82) is 0 Å². The van der Waals surface area contributed by atoms with Gasteiger partial charge < -0.3 is 37.1 Å². The third kappa shape index (κ3) is 7.47. The summed E-state index contributed by atoms with van der Waals surface area (Å²) in [6.45, 7) is 4.57. The molecule has 3 heterocycles. The lowest BCUT2D eigenvalue weighted by molar-refractivity contribution is -0.137. The van der Waals surface area contributed by atoms with Gasteiger partial charge in [-0.3, -0.25) is 14.4 Å². The third-order valence-electron chi connectivity index (χ3n) is 10.4. The topological polar surface area (TPSA) is 174 Å². The highest BCUT2D eigenvalue weighted by Crippen LogP contribution is 2.45. The van der Waals surface area contributed by atoms with Gasteiger partial charge in [-0.05, 0) is 105 Å². The van der Waals surface area contributed by atoms with Gasteiger partial charge in [-0.15, -0.1) is 0 Å². The number of aryl methyl sites for hydroxylation is 1. The van der Waals surface area contributed by atoms with Crippen molar-refractivity contribution in [2.75, 3.05) is 13.1 Å². The number of nitrogens with two attached hydrogens (primary N) is 3. The molecule has 2 aromatic carbocycles. The molecule has 3 aliphatic rings. The molecule has 2 fully saturated rings. The minimum Gasteiger partial charge on any atom is -0.423 e. The Bertz CT molecular complexity index is 1490. The number of amides is 2. The summed E-state index contributed by atoms with van der Waals surface area (Å²) in [6.07, 6.45) is -2.35. The van der Waals surface area contributed by atoms with Gasteiger partial charge in [0.05, 0.1) is 23.2 Å². The summed E-state index contributed by atoms with van der Waals surface area (Å²) in [6, 6.07) is 7.94. The highest BCUT2D eigenvalue weighted by Gasteiger charge is 2.53. The SMILES string of the molecule is CC1(C)OB(O)c2cc(CC(=O)[C@@H](CCc3ccc(C(F)(F)F)cc3)NC(=O)[C@@H](N)CCC(=O)N3C4CCC3[C@H](CN)[C@@H]4CN)ccc21. The Morgan fingerprint density at radius 1 is 1.02 bits per heavy atom. The molecule has 2 aromatic rings. The molecular formula is C34H45BF3N5O5. The van der Waals surface area contributed by atoms with E-state index < -0.39 is 42.5 Å². The van der Waals surface area contributed by atoms with E-state index in [0.29, 0.717) is 29.7 Å². The van der Waals surface area contributed by atoms with Gasteiger partial charge in [-0.2, -0.15) is 13.2 Å². The quantitative estimate of drug-likeness (QED) is 0.199. The zero-order chi connectivity index (χ0) is 35.0. The van der Waals surface area contributed by atoms with Gasteiger partial charge >= 0.3 is 13.3 Å². The molecule has 5 rings (SSSR count). The van der Waals surface area contributed by atoms with Crippen molar-refractivity contribution in [2.24, 2.45) is 29.0 Å². The zero-order valence-corrected chi connectivity index (χ0v) is 27.3. The first-order chi connectivity index (χ1) is 22.6. The lowest BCUT2D eigenvalue weighted by atomic mass is 9.77. The smallest absolute Gasteiger partial charge is 0.423 e. The minimum absolute atomic E-state index is 0.0382. The van der Waals surface area contributed by atoms with Crippen LogP contribution in [-0.2, 0) is 43.7 Å². The molecule has 8 N–H and O–H groups in total. The number of nitrogens with zero attached hydrogens (tertiary/aromatic N) is 1. The van der Waals surface area contributed by atoms with Crippen LogP contribution in [0.25, 0.3) is 0 Å². The number of halogens is 3. The van der Waals surface area contributed by atoms with Crippen molar-refractivity contribution in [3.63, 3.8) is 0 Å². The number of hydrogen-bond acceptors (Lipinski definition) is 8. The summed E-state index contributed by atoms with van der Waals surface area (Å²) in [5, 5.41) is 13.1. The molecule has 2 saturated heterocycles. The van der Waals surface area contributed by atoms with Crippen LogP contribution in [0.4, 0.5) is 13.2 Å². The number of ketones is 1. The first-order valence-electron chi connectivity index (χ1n) is 16.6. The normalized spacial score (nSPS) is 24.0. The fraction of sp³-hybridized carbons (Fsp3) is 0.559. The molecule has 10 nitrogen and oxygen atoms in total. The van der Waals surface area contributed by atoms with Gasteiger partial charge in [0.1, 0.15) is 0 Å². The first-order valence-corrected chi connectivity index (χ1v) is 16.6. The third-order valence-corrected chi connectivity index (χ3v) is 10.4. The Morgan fingerprint density at radius 3 is 2.21 bits per heavy atom. The number of benzene rings is 2. The van der Waals surface area contributed by atoms with Crippen molar-refractivity contribution in [2.45, 2.75) is 94.7 Å². The van der Waals surface area contributed by atoms with Gasteiger partial charge in [0, 0.05) is 24.9 Å². The van der Waals surface area contributed by atoms with E-state index in [-0.39, 0.29) is 67.7 Å². The van der Waals surface area contributed by atoms with Crippen molar-refractivity contribution >= 4 is 30.2 Å². The van der Waals surface area contributed by atoms with E-state index in [4.69, 9.17) is 21.9 Å². The molecule has 6 atom stereocenters. The van der Waals surface area contributed by atoms with Crippen LogP contribution in [0.5, 0.6) is 0 Å². The summed E-state index contributed by atoms with van der Waals surface area (Å²) in [4.78, 5) is 42.1. The molecule has 48 heavy (non-hydrogen) atoms. The van der Waals surface area contributed by atoms with Gasteiger partial charge in [0.2, 0.25) is 11.8 Å².